The van der Waals surface area contributed by atoms with E-state index in [1.807, 2.05) is 38.1 Å². The molecule has 1 amide bonds. The van der Waals surface area contributed by atoms with Crippen LogP contribution >= 0.6 is 0 Å². The molecule has 2 N–H and O–H groups in total. The molecule has 0 heterocycles. The lowest BCUT2D eigenvalue weighted by molar-refractivity contribution is -0.114. The minimum absolute atomic E-state index is 0.115. The van der Waals surface area contributed by atoms with Gasteiger partial charge in [0.05, 0.1) is 6.61 Å². The lowest BCUT2D eigenvalue weighted by Crippen LogP contribution is -2.12. The summed E-state index contributed by atoms with van der Waals surface area (Å²) in [5.74, 6) is 0.377. The lowest BCUT2D eigenvalue weighted by atomic mass is 10.1. The Bertz CT molecular complexity index is 818. The number of primary amides is 1. The van der Waals surface area contributed by atoms with Crippen molar-refractivity contribution in [3.8, 4) is 17.6 Å². The van der Waals surface area contributed by atoms with Gasteiger partial charge in [-0.25, -0.2) is 0 Å². The number of carbonyl (C=O) groups excluding carboxylic acids is 1. The number of hydrogen-bond donors (Lipinski definition) is 1. The molecule has 0 atom stereocenters. The Kier molecular flexibility index (Phi) is 6.19. The van der Waals surface area contributed by atoms with Crippen LogP contribution in [0.2, 0.25) is 0 Å². The number of amides is 1. The number of ether oxygens (including phenoxy) is 2. The molecule has 25 heavy (non-hydrogen) atoms. The molecule has 0 fully saturated rings. The van der Waals surface area contributed by atoms with Crippen LogP contribution in [0.3, 0.4) is 0 Å². The zero-order valence-corrected chi connectivity index (χ0v) is 14.3. The third-order valence-electron chi connectivity index (χ3n) is 3.48. The second-order valence-electron chi connectivity index (χ2n) is 5.45. The molecule has 0 bridgehead atoms. The molecular formula is C20H20N2O3. The van der Waals surface area contributed by atoms with Crippen molar-refractivity contribution in [1.29, 1.82) is 5.26 Å². The summed E-state index contributed by atoms with van der Waals surface area (Å²) in [6.07, 6.45) is 1.43. The van der Waals surface area contributed by atoms with Gasteiger partial charge in [0, 0.05) is 0 Å². The summed E-state index contributed by atoms with van der Waals surface area (Å²) in [5.41, 5.74) is 7.93. The molecule has 0 aliphatic rings. The van der Waals surface area contributed by atoms with E-state index < -0.39 is 5.91 Å². The molecule has 0 saturated heterocycles. The lowest BCUT2D eigenvalue weighted by Gasteiger charge is -2.13. The van der Waals surface area contributed by atoms with E-state index in [0.29, 0.717) is 30.3 Å². The first-order valence-corrected chi connectivity index (χ1v) is 7.90. The Morgan fingerprint density at radius 1 is 1.16 bits per heavy atom. The van der Waals surface area contributed by atoms with E-state index >= 15 is 0 Å². The van der Waals surface area contributed by atoms with Crippen LogP contribution in [0, 0.1) is 18.3 Å². The van der Waals surface area contributed by atoms with Crippen molar-refractivity contribution in [1.82, 2.24) is 0 Å². The minimum atomic E-state index is -0.764. The van der Waals surface area contributed by atoms with Gasteiger partial charge in [0.1, 0.15) is 18.2 Å². The number of nitrogens with zero attached hydrogens (tertiary/aromatic N) is 1. The number of rotatable bonds is 7. The van der Waals surface area contributed by atoms with Crippen LogP contribution in [-0.2, 0) is 11.4 Å². The summed E-state index contributed by atoms with van der Waals surface area (Å²) >= 11 is 0. The highest BCUT2D eigenvalue weighted by atomic mass is 16.5. The largest absolute Gasteiger partial charge is 0.490 e. The Hall–Kier alpha value is -3.26. The summed E-state index contributed by atoms with van der Waals surface area (Å²) in [5, 5.41) is 8.94. The summed E-state index contributed by atoms with van der Waals surface area (Å²) in [6, 6.07) is 15.1. The van der Waals surface area contributed by atoms with E-state index in [9.17, 15) is 4.79 Å². The number of benzene rings is 2. The molecule has 0 radical (unpaired) electrons. The van der Waals surface area contributed by atoms with Crippen molar-refractivity contribution in [2.75, 3.05) is 6.61 Å². The highest BCUT2D eigenvalue weighted by Gasteiger charge is 2.09. The highest BCUT2D eigenvalue weighted by molar-refractivity contribution is 6.00. The van der Waals surface area contributed by atoms with Crippen LogP contribution in [0.5, 0.6) is 11.5 Å². The van der Waals surface area contributed by atoms with Crippen molar-refractivity contribution >= 4 is 12.0 Å². The van der Waals surface area contributed by atoms with Gasteiger partial charge >= 0.3 is 0 Å². The van der Waals surface area contributed by atoms with E-state index in [2.05, 4.69) is 0 Å². The monoisotopic (exact) mass is 336 g/mol. The van der Waals surface area contributed by atoms with E-state index in [-0.39, 0.29) is 5.57 Å². The fraction of sp³-hybridized carbons (Fsp3) is 0.200. The minimum Gasteiger partial charge on any atom is -0.490 e. The standard InChI is InChI=1S/C20H20N2O3/c1-3-24-19-11-16(10-17(12-21)20(22)23)8-9-18(19)25-13-15-6-4-14(2)5-7-15/h4-11H,3,13H2,1-2H3,(H2,22,23). The highest BCUT2D eigenvalue weighted by Crippen LogP contribution is 2.30. The fourth-order valence-corrected chi connectivity index (χ4v) is 2.17. The molecule has 0 aliphatic carbocycles. The number of hydrogen-bond acceptors (Lipinski definition) is 4. The molecule has 2 aromatic rings. The maximum atomic E-state index is 11.2. The van der Waals surface area contributed by atoms with Gasteiger partial charge in [0.25, 0.3) is 5.91 Å². The molecule has 128 valence electrons. The Balaban J connectivity index is 2.22. The Labute approximate surface area is 147 Å². The summed E-state index contributed by atoms with van der Waals surface area (Å²) in [4.78, 5) is 11.2. The van der Waals surface area contributed by atoms with Crippen molar-refractivity contribution in [2.45, 2.75) is 20.5 Å². The van der Waals surface area contributed by atoms with Gasteiger partial charge in [0.2, 0.25) is 0 Å². The average molecular weight is 336 g/mol. The predicted molar refractivity (Wildman–Crippen MR) is 95.9 cm³/mol. The average Bonchev–Trinajstić information content (AvgIpc) is 2.60. The second-order valence-corrected chi connectivity index (χ2v) is 5.45. The zero-order chi connectivity index (χ0) is 18.2. The van der Waals surface area contributed by atoms with Crippen LogP contribution in [0.15, 0.2) is 48.0 Å². The second kappa shape index (κ2) is 8.55. The summed E-state index contributed by atoms with van der Waals surface area (Å²) < 4.78 is 11.5. The SMILES string of the molecule is CCOc1cc(C=C(C#N)C(N)=O)ccc1OCc1ccc(C)cc1. The van der Waals surface area contributed by atoms with E-state index in [1.54, 1.807) is 24.3 Å². The molecule has 0 spiro atoms. The zero-order valence-electron chi connectivity index (χ0n) is 14.3. The van der Waals surface area contributed by atoms with Crippen LogP contribution in [0.4, 0.5) is 0 Å². The third kappa shape index (κ3) is 5.11. The molecule has 0 saturated carbocycles. The number of nitrogens with two attached hydrogens (primary N) is 1. The van der Waals surface area contributed by atoms with Gasteiger partial charge in [0.15, 0.2) is 11.5 Å². The summed E-state index contributed by atoms with van der Waals surface area (Å²) in [7, 11) is 0. The van der Waals surface area contributed by atoms with E-state index in [1.165, 1.54) is 11.6 Å². The molecule has 0 unspecified atom stereocenters. The Morgan fingerprint density at radius 2 is 1.88 bits per heavy atom. The number of nitriles is 1. The van der Waals surface area contributed by atoms with Gasteiger partial charge in [-0.15, -0.1) is 0 Å². The molecular weight excluding hydrogens is 316 g/mol. The topological polar surface area (TPSA) is 85.3 Å². The van der Waals surface area contributed by atoms with Crippen LogP contribution < -0.4 is 15.2 Å². The van der Waals surface area contributed by atoms with Crippen molar-refractivity contribution in [2.24, 2.45) is 5.73 Å². The molecule has 0 aromatic heterocycles. The van der Waals surface area contributed by atoms with Gasteiger partial charge in [-0.1, -0.05) is 35.9 Å². The smallest absolute Gasteiger partial charge is 0.259 e. The molecule has 5 nitrogen and oxygen atoms in total. The van der Waals surface area contributed by atoms with Crippen molar-refractivity contribution in [3.05, 3.63) is 64.7 Å². The van der Waals surface area contributed by atoms with Crippen LogP contribution in [-0.4, -0.2) is 12.5 Å². The summed E-state index contributed by atoms with van der Waals surface area (Å²) in [6.45, 7) is 4.79. The van der Waals surface area contributed by atoms with E-state index in [0.717, 1.165) is 5.56 Å². The first-order valence-electron chi connectivity index (χ1n) is 7.90. The molecule has 5 heteroatoms. The normalized spacial score (nSPS) is 10.8. The fourth-order valence-electron chi connectivity index (χ4n) is 2.17. The van der Waals surface area contributed by atoms with Crippen molar-refractivity contribution in [3.63, 3.8) is 0 Å². The maximum absolute atomic E-state index is 11.2. The van der Waals surface area contributed by atoms with Gasteiger partial charge in [-0.2, -0.15) is 5.26 Å². The maximum Gasteiger partial charge on any atom is 0.259 e. The molecule has 0 aliphatic heterocycles. The number of aryl methyl sites for hydroxylation is 1. The van der Waals surface area contributed by atoms with Crippen LogP contribution in [0.25, 0.3) is 6.08 Å². The Morgan fingerprint density at radius 3 is 2.48 bits per heavy atom. The van der Waals surface area contributed by atoms with Crippen molar-refractivity contribution < 1.29 is 14.3 Å². The van der Waals surface area contributed by atoms with Gasteiger partial charge in [-0.3, -0.25) is 4.79 Å². The molecule has 2 aromatic carbocycles. The predicted octanol–water partition coefficient (Wildman–Crippen LogP) is 3.37. The molecule has 2 rings (SSSR count). The van der Waals surface area contributed by atoms with E-state index in [4.69, 9.17) is 20.5 Å². The first kappa shape index (κ1) is 18.1. The van der Waals surface area contributed by atoms with Crippen LogP contribution in [0.1, 0.15) is 23.6 Å². The third-order valence-corrected chi connectivity index (χ3v) is 3.48. The number of carbonyl (C=O) groups is 1. The first-order chi connectivity index (χ1) is 12.0. The quantitative estimate of drug-likeness (QED) is 0.620. The van der Waals surface area contributed by atoms with Gasteiger partial charge < -0.3 is 15.2 Å². The van der Waals surface area contributed by atoms with Gasteiger partial charge in [-0.05, 0) is 43.2 Å².